The maximum Gasteiger partial charge on any atom is 0.256 e. The average molecular weight is 275 g/mol. The second kappa shape index (κ2) is 5.61. The minimum absolute atomic E-state index is 0.112. The van der Waals surface area contributed by atoms with Crippen LogP contribution in [0.15, 0.2) is 28.0 Å². The summed E-state index contributed by atoms with van der Waals surface area (Å²) >= 11 is 1.34. The summed E-state index contributed by atoms with van der Waals surface area (Å²) in [6.45, 7) is 7.92. The van der Waals surface area contributed by atoms with Crippen molar-refractivity contribution in [3.05, 3.63) is 46.3 Å². The Morgan fingerprint density at radius 2 is 1.84 bits per heavy atom. The topological polar surface area (TPSA) is 43.1 Å². The number of aromatic nitrogens is 1. The molecule has 0 unspecified atom stereocenters. The molecule has 3 nitrogen and oxygen atoms in total. The predicted octanol–water partition coefficient (Wildman–Crippen LogP) is 3.88. The summed E-state index contributed by atoms with van der Waals surface area (Å²) in [7, 11) is 0. The van der Waals surface area contributed by atoms with Gasteiger partial charge < -0.3 is 4.42 Å². The zero-order valence-corrected chi connectivity index (χ0v) is 12.4. The monoisotopic (exact) mass is 275 g/mol. The van der Waals surface area contributed by atoms with Gasteiger partial charge in [0.15, 0.2) is 5.78 Å². The van der Waals surface area contributed by atoms with Gasteiger partial charge in [-0.3, -0.25) is 4.79 Å². The Labute approximate surface area is 117 Å². The number of nitrogens with zero attached hydrogens (tertiary/aromatic N) is 1. The SMILES string of the molecule is Cc1coc(SCC(=O)c2cc(C)c(C)cc2C)n1. The summed E-state index contributed by atoms with van der Waals surface area (Å²) in [6.07, 6.45) is 1.59. The van der Waals surface area contributed by atoms with E-state index in [-0.39, 0.29) is 5.78 Å². The van der Waals surface area contributed by atoms with E-state index < -0.39 is 0 Å². The van der Waals surface area contributed by atoms with Gasteiger partial charge in [0.05, 0.1) is 11.4 Å². The summed E-state index contributed by atoms with van der Waals surface area (Å²) in [5.41, 5.74) is 5.00. The fourth-order valence-electron chi connectivity index (χ4n) is 1.86. The van der Waals surface area contributed by atoms with Crippen LogP contribution in [0.3, 0.4) is 0 Å². The fourth-order valence-corrected chi connectivity index (χ4v) is 2.60. The smallest absolute Gasteiger partial charge is 0.256 e. The molecule has 0 aliphatic carbocycles. The highest BCUT2D eigenvalue weighted by Crippen LogP contribution is 2.21. The normalized spacial score (nSPS) is 10.7. The number of aryl methyl sites for hydroxylation is 4. The maximum atomic E-state index is 12.2. The highest BCUT2D eigenvalue weighted by molar-refractivity contribution is 7.99. The van der Waals surface area contributed by atoms with Crippen LogP contribution in [0.25, 0.3) is 0 Å². The van der Waals surface area contributed by atoms with Crippen LogP contribution in [-0.2, 0) is 0 Å². The zero-order chi connectivity index (χ0) is 14.0. The fraction of sp³-hybridized carbons (Fsp3) is 0.333. The summed E-state index contributed by atoms with van der Waals surface area (Å²) in [5.74, 6) is 0.463. The van der Waals surface area contributed by atoms with Gasteiger partial charge in [0.25, 0.3) is 5.22 Å². The van der Waals surface area contributed by atoms with Crippen molar-refractivity contribution in [3.63, 3.8) is 0 Å². The van der Waals surface area contributed by atoms with Gasteiger partial charge >= 0.3 is 0 Å². The number of thioether (sulfide) groups is 1. The van der Waals surface area contributed by atoms with E-state index in [1.54, 1.807) is 6.26 Å². The number of hydrogen-bond donors (Lipinski definition) is 0. The highest BCUT2D eigenvalue weighted by Gasteiger charge is 2.12. The number of rotatable bonds is 4. The Hall–Kier alpha value is -1.55. The molecule has 1 aromatic carbocycles. The number of ketones is 1. The molecule has 1 aromatic heterocycles. The molecule has 0 N–H and O–H groups in total. The van der Waals surface area contributed by atoms with Crippen molar-refractivity contribution in [2.75, 3.05) is 5.75 Å². The quantitative estimate of drug-likeness (QED) is 0.627. The van der Waals surface area contributed by atoms with Gasteiger partial charge in [-0.2, -0.15) is 0 Å². The van der Waals surface area contributed by atoms with Crippen LogP contribution in [0.2, 0.25) is 0 Å². The average Bonchev–Trinajstić information content (AvgIpc) is 2.77. The Balaban J connectivity index is 2.10. The molecular weight excluding hydrogens is 258 g/mol. The number of carbonyl (C=O) groups is 1. The first-order valence-corrected chi connectivity index (χ1v) is 7.12. The Kier molecular flexibility index (Phi) is 4.10. The van der Waals surface area contributed by atoms with Gasteiger partial charge in [-0.25, -0.2) is 4.98 Å². The third-order valence-corrected chi connectivity index (χ3v) is 3.91. The van der Waals surface area contributed by atoms with Gasteiger partial charge in [0.1, 0.15) is 6.26 Å². The first-order chi connectivity index (χ1) is 8.97. The summed E-state index contributed by atoms with van der Waals surface area (Å²) in [4.78, 5) is 16.4. The van der Waals surface area contributed by atoms with Gasteiger partial charge in [-0.15, -0.1) is 0 Å². The van der Waals surface area contributed by atoms with E-state index in [4.69, 9.17) is 4.42 Å². The molecule has 0 radical (unpaired) electrons. The number of hydrogen-bond acceptors (Lipinski definition) is 4. The van der Waals surface area contributed by atoms with Crippen LogP contribution in [0.5, 0.6) is 0 Å². The van der Waals surface area contributed by atoms with Crippen molar-refractivity contribution < 1.29 is 9.21 Å². The van der Waals surface area contributed by atoms with Crippen LogP contribution in [0, 0.1) is 27.7 Å². The molecule has 0 saturated carbocycles. The molecule has 0 amide bonds. The molecule has 0 bridgehead atoms. The van der Waals surface area contributed by atoms with Crippen molar-refractivity contribution in [2.24, 2.45) is 0 Å². The van der Waals surface area contributed by atoms with Crippen LogP contribution in [-0.4, -0.2) is 16.5 Å². The molecule has 1 heterocycles. The Morgan fingerprint density at radius 1 is 1.16 bits per heavy atom. The lowest BCUT2D eigenvalue weighted by molar-refractivity contribution is 0.102. The molecule has 0 spiro atoms. The van der Waals surface area contributed by atoms with Crippen LogP contribution in [0.4, 0.5) is 0 Å². The van der Waals surface area contributed by atoms with Crippen LogP contribution >= 0.6 is 11.8 Å². The molecule has 100 valence electrons. The number of oxazole rings is 1. The highest BCUT2D eigenvalue weighted by atomic mass is 32.2. The zero-order valence-electron chi connectivity index (χ0n) is 11.6. The maximum absolute atomic E-state index is 12.2. The van der Waals surface area contributed by atoms with E-state index in [1.807, 2.05) is 26.8 Å². The first-order valence-electron chi connectivity index (χ1n) is 6.13. The van der Waals surface area contributed by atoms with E-state index in [9.17, 15) is 4.79 Å². The second-order valence-corrected chi connectivity index (χ2v) is 5.64. The van der Waals surface area contributed by atoms with Gasteiger partial charge in [-0.05, 0) is 50.5 Å². The number of Topliss-reactive ketones (excluding diaryl/α,β-unsaturated/α-hetero) is 1. The van der Waals surface area contributed by atoms with Gasteiger partial charge in [0, 0.05) is 5.56 Å². The van der Waals surface area contributed by atoms with Crippen LogP contribution in [0.1, 0.15) is 32.7 Å². The lowest BCUT2D eigenvalue weighted by Crippen LogP contribution is -2.06. The van der Waals surface area contributed by atoms with E-state index in [0.29, 0.717) is 11.0 Å². The Bertz CT molecular complexity index is 617. The molecule has 2 rings (SSSR count). The van der Waals surface area contributed by atoms with E-state index in [1.165, 1.54) is 17.3 Å². The number of benzene rings is 1. The molecular formula is C15H17NO2S. The Morgan fingerprint density at radius 3 is 2.47 bits per heavy atom. The molecule has 0 fully saturated rings. The standard InChI is InChI=1S/C15H17NO2S/c1-9-5-11(3)13(6-10(9)2)14(17)8-19-15-16-12(4)7-18-15/h5-7H,8H2,1-4H3. The third kappa shape index (κ3) is 3.26. The summed E-state index contributed by atoms with van der Waals surface area (Å²) < 4.78 is 5.22. The van der Waals surface area contributed by atoms with E-state index in [2.05, 4.69) is 18.0 Å². The summed E-state index contributed by atoms with van der Waals surface area (Å²) in [6, 6.07) is 4.02. The van der Waals surface area contributed by atoms with Crippen molar-refractivity contribution in [1.29, 1.82) is 0 Å². The third-order valence-electron chi connectivity index (χ3n) is 3.07. The van der Waals surface area contributed by atoms with E-state index in [0.717, 1.165) is 22.4 Å². The van der Waals surface area contributed by atoms with Crippen molar-refractivity contribution >= 4 is 17.5 Å². The molecule has 0 aliphatic heterocycles. The molecule has 19 heavy (non-hydrogen) atoms. The second-order valence-electron chi connectivity index (χ2n) is 4.72. The van der Waals surface area contributed by atoms with Crippen LogP contribution < -0.4 is 0 Å². The molecule has 2 aromatic rings. The minimum Gasteiger partial charge on any atom is -0.440 e. The van der Waals surface area contributed by atoms with Crippen molar-refractivity contribution in [2.45, 2.75) is 32.9 Å². The largest absolute Gasteiger partial charge is 0.440 e. The lowest BCUT2D eigenvalue weighted by atomic mass is 9.99. The van der Waals surface area contributed by atoms with E-state index >= 15 is 0 Å². The van der Waals surface area contributed by atoms with Gasteiger partial charge in [0.2, 0.25) is 0 Å². The molecule has 4 heteroatoms. The molecule has 0 atom stereocenters. The lowest BCUT2D eigenvalue weighted by Gasteiger charge is -2.08. The summed E-state index contributed by atoms with van der Waals surface area (Å²) in [5, 5.41) is 0.548. The molecule has 0 aliphatic rings. The number of carbonyl (C=O) groups excluding carboxylic acids is 1. The van der Waals surface area contributed by atoms with Crippen molar-refractivity contribution in [1.82, 2.24) is 4.98 Å². The van der Waals surface area contributed by atoms with Crippen molar-refractivity contribution in [3.8, 4) is 0 Å². The van der Waals surface area contributed by atoms with Gasteiger partial charge in [-0.1, -0.05) is 17.8 Å². The molecule has 0 saturated heterocycles. The first kappa shape index (κ1) is 13.9. The minimum atomic E-state index is 0.112. The predicted molar refractivity (Wildman–Crippen MR) is 76.9 cm³/mol.